The minimum Gasteiger partial charge on any atom is -0.353 e. The quantitative estimate of drug-likeness (QED) is 0.836. The molecular weight excluding hydrogens is 234 g/mol. The molecule has 3 nitrogen and oxygen atoms in total. The van der Waals surface area contributed by atoms with Gasteiger partial charge in [0.1, 0.15) is 0 Å². The van der Waals surface area contributed by atoms with Crippen molar-refractivity contribution in [2.24, 2.45) is 0 Å². The van der Waals surface area contributed by atoms with Crippen LogP contribution in [0, 0.1) is 13.8 Å². The first-order valence-electron chi connectivity index (χ1n) is 6.97. The number of nitrogens with one attached hydrogen (secondary N) is 1. The van der Waals surface area contributed by atoms with Gasteiger partial charge in [-0.2, -0.15) is 0 Å². The number of aromatic nitrogens is 2. The van der Waals surface area contributed by atoms with Crippen LogP contribution in [0.25, 0.3) is 11.3 Å². The Morgan fingerprint density at radius 3 is 2.53 bits per heavy atom. The summed E-state index contributed by atoms with van der Waals surface area (Å²) in [5.74, 6) is 1.00. The van der Waals surface area contributed by atoms with Crippen molar-refractivity contribution >= 4 is 5.95 Å². The molecule has 2 aromatic rings. The molecule has 1 aliphatic heterocycles. The molecule has 1 aliphatic rings. The molecule has 2 heterocycles. The highest BCUT2D eigenvalue weighted by Crippen LogP contribution is 2.30. The van der Waals surface area contributed by atoms with Gasteiger partial charge in [0.05, 0.1) is 5.69 Å². The molecule has 0 saturated carbocycles. The van der Waals surface area contributed by atoms with Crippen LogP contribution < -0.4 is 5.32 Å². The van der Waals surface area contributed by atoms with Crippen molar-refractivity contribution in [3.63, 3.8) is 0 Å². The Kier molecular flexibility index (Phi) is 2.85. The lowest BCUT2D eigenvalue weighted by Gasteiger charge is -2.27. The summed E-state index contributed by atoms with van der Waals surface area (Å²) >= 11 is 0. The van der Waals surface area contributed by atoms with Crippen molar-refractivity contribution in [3.8, 4) is 11.3 Å². The molecule has 0 spiro atoms. The van der Waals surface area contributed by atoms with Gasteiger partial charge in [-0.05, 0) is 46.2 Å². The Labute approximate surface area is 114 Å². The summed E-state index contributed by atoms with van der Waals surface area (Å²) < 4.78 is 2.26. The van der Waals surface area contributed by atoms with Gasteiger partial charge in [-0.1, -0.05) is 17.2 Å². The Bertz CT molecular complexity index is 592. The zero-order chi connectivity index (χ0) is 13.6. The van der Waals surface area contributed by atoms with Crippen LogP contribution >= 0.6 is 0 Å². The Morgan fingerprint density at radius 2 is 1.84 bits per heavy atom. The van der Waals surface area contributed by atoms with Crippen molar-refractivity contribution < 1.29 is 0 Å². The Morgan fingerprint density at radius 1 is 1.16 bits per heavy atom. The third-order valence-corrected chi connectivity index (χ3v) is 3.79. The van der Waals surface area contributed by atoms with Crippen molar-refractivity contribution in [1.82, 2.24) is 9.55 Å². The zero-order valence-corrected chi connectivity index (χ0v) is 12.1. The first kappa shape index (κ1) is 12.3. The van der Waals surface area contributed by atoms with Gasteiger partial charge in [0.25, 0.3) is 0 Å². The van der Waals surface area contributed by atoms with Crippen LogP contribution in [-0.2, 0) is 0 Å². The number of hydrogen-bond acceptors (Lipinski definition) is 2. The summed E-state index contributed by atoms with van der Waals surface area (Å²) in [6.07, 6.45) is 3.32. The van der Waals surface area contributed by atoms with Crippen molar-refractivity contribution in [2.75, 3.05) is 5.32 Å². The minimum atomic E-state index is 0.497. The largest absolute Gasteiger partial charge is 0.353 e. The van der Waals surface area contributed by atoms with Gasteiger partial charge in [-0.3, -0.25) is 0 Å². The summed E-state index contributed by atoms with van der Waals surface area (Å²) in [7, 11) is 0. The number of anilines is 1. The minimum absolute atomic E-state index is 0.497. The fourth-order valence-electron chi connectivity index (χ4n) is 3.00. The maximum Gasteiger partial charge on any atom is 0.203 e. The number of aryl methyl sites for hydroxylation is 2. The average Bonchev–Trinajstić information content (AvgIpc) is 2.71. The van der Waals surface area contributed by atoms with Crippen LogP contribution in [0.1, 0.15) is 37.4 Å². The molecule has 0 aliphatic carbocycles. The monoisotopic (exact) mass is 255 g/mol. The second-order valence-electron chi connectivity index (χ2n) is 5.86. The van der Waals surface area contributed by atoms with E-state index in [0.29, 0.717) is 12.1 Å². The van der Waals surface area contributed by atoms with Crippen LogP contribution in [-0.4, -0.2) is 15.6 Å². The molecule has 100 valence electrons. The smallest absolute Gasteiger partial charge is 0.203 e. The predicted octanol–water partition coefficient (Wildman–Crippen LogP) is 3.93. The Hall–Kier alpha value is -1.77. The number of imidazole rings is 1. The topological polar surface area (TPSA) is 29.9 Å². The molecule has 0 radical (unpaired) electrons. The molecule has 19 heavy (non-hydrogen) atoms. The molecule has 2 atom stereocenters. The molecule has 0 fully saturated rings. The first-order valence-corrected chi connectivity index (χ1v) is 6.97. The van der Waals surface area contributed by atoms with E-state index in [1.165, 1.54) is 16.7 Å². The second-order valence-corrected chi connectivity index (χ2v) is 5.86. The van der Waals surface area contributed by atoms with Crippen LogP contribution in [0.2, 0.25) is 0 Å². The van der Waals surface area contributed by atoms with Crippen LogP contribution in [0.4, 0.5) is 5.95 Å². The second kappa shape index (κ2) is 4.41. The summed E-state index contributed by atoms with van der Waals surface area (Å²) in [5.41, 5.74) is 4.85. The summed E-state index contributed by atoms with van der Waals surface area (Å²) in [5, 5.41) is 3.46. The SMILES string of the molecule is Cc1cc(C)cc(-c2cn3c(n2)NC(C)CC3C)c1. The molecule has 0 bridgehead atoms. The van der Waals surface area contributed by atoms with Gasteiger partial charge in [0.2, 0.25) is 5.95 Å². The standard InChI is InChI=1S/C16H21N3/c1-10-5-11(2)7-14(6-10)15-9-19-13(4)8-12(3)17-16(19)18-15/h5-7,9,12-13H,8H2,1-4H3,(H,17,18). The van der Waals surface area contributed by atoms with E-state index in [0.717, 1.165) is 18.1 Å². The maximum atomic E-state index is 4.76. The van der Waals surface area contributed by atoms with E-state index in [1.807, 2.05) is 0 Å². The van der Waals surface area contributed by atoms with Crippen LogP contribution in [0.3, 0.4) is 0 Å². The van der Waals surface area contributed by atoms with Crippen molar-refractivity contribution in [2.45, 2.75) is 46.2 Å². The van der Waals surface area contributed by atoms with E-state index in [-0.39, 0.29) is 0 Å². The normalized spacial score (nSPS) is 21.9. The first-order chi connectivity index (χ1) is 9.02. The molecule has 1 N–H and O–H groups in total. The number of nitrogens with zero attached hydrogens (tertiary/aromatic N) is 2. The van der Waals surface area contributed by atoms with Gasteiger partial charge in [-0.15, -0.1) is 0 Å². The lowest BCUT2D eigenvalue weighted by atomic mass is 10.1. The highest BCUT2D eigenvalue weighted by atomic mass is 15.2. The lowest BCUT2D eigenvalue weighted by Crippen LogP contribution is -2.28. The zero-order valence-electron chi connectivity index (χ0n) is 12.1. The van der Waals surface area contributed by atoms with E-state index >= 15 is 0 Å². The van der Waals surface area contributed by atoms with E-state index in [2.05, 4.69) is 62.0 Å². The predicted molar refractivity (Wildman–Crippen MR) is 79.5 cm³/mol. The summed E-state index contributed by atoms with van der Waals surface area (Å²) in [4.78, 5) is 4.76. The molecule has 1 aromatic carbocycles. The molecule has 0 amide bonds. The van der Waals surface area contributed by atoms with Gasteiger partial charge in [0, 0.05) is 23.8 Å². The van der Waals surface area contributed by atoms with Gasteiger partial charge < -0.3 is 9.88 Å². The summed E-state index contributed by atoms with van der Waals surface area (Å²) in [6.45, 7) is 8.74. The number of benzene rings is 1. The fourth-order valence-corrected chi connectivity index (χ4v) is 3.00. The van der Waals surface area contributed by atoms with Crippen LogP contribution in [0.5, 0.6) is 0 Å². The van der Waals surface area contributed by atoms with E-state index < -0.39 is 0 Å². The van der Waals surface area contributed by atoms with Gasteiger partial charge in [0.15, 0.2) is 0 Å². The van der Waals surface area contributed by atoms with Crippen molar-refractivity contribution in [1.29, 1.82) is 0 Å². The third kappa shape index (κ3) is 2.25. The highest BCUT2D eigenvalue weighted by molar-refractivity contribution is 5.63. The molecule has 0 saturated heterocycles. The highest BCUT2D eigenvalue weighted by Gasteiger charge is 2.22. The van der Waals surface area contributed by atoms with E-state index in [4.69, 9.17) is 4.98 Å². The van der Waals surface area contributed by atoms with E-state index in [1.54, 1.807) is 0 Å². The van der Waals surface area contributed by atoms with Gasteiger partial charge >= 0.3 is 0 Å². The molecule has 1 aromatic heterocycles. The maximum absolute atomic E-state index is 4.76. The van der Waals surface area contributed by atoms with Crippen LogP contribution in [0.15, 0.2) is 24.4 Å². The molecule has 2 unspecified atom stereocenters. The third-order valence-electron chi connectivity index (χ3n) is 3.79. The Balaban J connectivity index is 2.05. The lowest BCUT2D eigenvalue weighted by molar-refractivity contribution is 0.449. The fraction of sp³-hybridized carbons (Fsp3) is 0.438. The van der Waals surface area contributed by atoms with Gasteiger partial charge in [-0.25, -0.2) is 4.98 Å². The molecular formula is C16H21N3. The molecule has 3 rings (SSSR count). The average molecular weight is 255 g/mol. The molecule has 3 heteroatoms. The summed E-state index contributed by atoms with van der Waals surface area (Å²) in [6, 6.07) is 7.61. The van der Waals surface area contributed by atoms with E-state index in [9.17, 15) is 0 Å². The van der Waals surface area contributed by atoms with Crippen molar-refractivity contribution in [3.05, 3.63) is 35.5 Å². The number of fused-ring (bicyclic) bond motifs is 1. The number of hydrogen-bond donors (Lipinski definition) is 1. The number of rotatable bonds is 1.